The van der Waals surface area contributed by atoms with E-state index in [2.05, 4.69) is 0 Å². The average molecular weight is 491 g/mol. The molecule has 0 aliphatic heterocycles. The van der Waals surface area contributed by atoms with Crippen LogP contribution in [0, 0.1) is 5.41 Å². The van der Waals surface area contributed by atoms with Crippen LogP contribution >= 0.6 is 0 Å². The first-order valence-electron chi connectivity index (χ1n) is 11.1. The van der Waals surface area contributed by atoms with Crippen molar-refractivity contribution >= 4 is 0 Å². The number of halogens is 6. The van der Waals surface area contributed by atoms with Gasteiger partial charge in [-0.2, -0.15) is 26.3 Å². The lowest BCUT2D eigenvalue weighted by Gasteiger charge is -2.39. The lowest BCUT2D eigenvalue weighted by Crippen LogP contribution is -2.55. The molecular weight excluding hydrogens is 458 g/mol. The Morgan fingerprint density at radius 3 is 1.59 bits per heavy atom. The second-order valence-corrected chi connectivity index (χ2v) is 10.3. The maximum Gasteiger partial charge on any atom is 0.411 e. The van der Waals surface area contributed by atoms with Gasteiger partial charge in [-0.25, -0.2) is 0 Å². The number of aromatic hydroxyl groups is 2. The van der Waals surface area contributed by atoms with Gasteiger partial charge in [-0.05, 0) is 64.1 Å². The summed E-state index contributed by atoms with van der Waals surface area (Å²) in [4.78, 5) is 0. The van der Waals surface area contributed by atoms with Crippen LogP contribution in [-0.4, -0.2) is 22.6 Å². The molecule has 0 bridgehead atoms. The van der Waals surface area contributed by atoms with E-state index in [-0.39, 0.29) is 29.0 Å². The summed E-state index contributed by atoms with van der Waals surface area (Å²) in [5.41, 5.74) is -7.73. The van der Waals surface area contributed by atoms with Gasteiger partial charge in [-0.3, -0.25) is 0 Å². The quantitative estimate of drug-likeness (QED) is 0.384. The van der Waals surface area contributed by atoms with Crippen LogP contribution in [-0.2, 0) is 17.3 Å². The predicted molar refractivity (Wildman–Crippen MR) is 120 cm³/mol. The molecule has 0 amide bonds. The Balaban J connectivity index is 2.97. The van der Waals surface area contributed by atoms with Gasteiger partial charge in [0.2, 0.25) is 5.41 Å². The Kier molecular flexibility index (Phi) is 7.38. The zero-order valence-corrected chi connectivity index (χ0v) is 20.2. The lowest BCUT2D eigenvalue weighted by atomic mass is 9.70. The zero-order valence-electron chi connectivity index (χ0n) is 20.2. The highest BCUT2D eigenvalue weighted by atomic mass is 19.4. The van der Waals surface area contributed by atoms with E-state index in [1.165, 1.54) is 0 Å². The van der Waals surface area contributed by atoms with E-state index < -0.39 is 39.7 Å². The van der Waals surface area contributed by atoms with Crippen molar-refractivity contribution in [1.82, 2.24) is 0 Å². The molecule has 0 saturated heterocycles. The Morgan fingerprint density at radius 1 is 0.676 bits per heavy atom. The third-order valence-corrected chi connectivity index (χ3v) is 7.03. The summed E-state index contributed by atoms with van der Waals surface area (Å²) in [7, 11) is 0. The number of benzene rings is 2. The molecule has 8 heteroatoms. The molecular formula is C26H32F6O2. The highest BCUT2D eigenvalue weighted by molar-refractivity contribution is 5.52. The van der Waals surface area contributed by atoms with Gasteiger partial charge in [0.05, 0.1) is 0 Å². The van der Waals surface area contributed by atoms with Gasteiger partial charge in [0.1, 0.15) is 11.5 Å². The van der Waals surface area contributed by atoms with Crippen molar-refractivity contribution in [3.05, 3.63) is 58.7 Å². The van der Waals surface area contributed by atoms with E-state index in [1.54, 1.807) is 20.8 Å². The highest BCUT2D eigenvalue weighted by Crippen LogP contribution is 2.57. The molecule has 0 fully saturated rings. The van der Waals surface area contributed by atoms with Crippen LogP contribution < -0.4 is 0 Å². The first kappa shape index (κ1) is 27.9. The molecule has 0 aromatic heterocycles. The fourth-order valence-corrected chi connectivity index (χ4v) is 4.08. The smallest absolute Gasteiger partial charge is 0.411 e. The van der Waals surface area contributed by atoms with Crippen LogP contribution in [0.3, 0.4) is 0 Å². The second-order valence-electron chi connectivity index (χ2n) is 10.3. The van der Waals surface area contributed by atoms with E-state index in [4.69, 9.17) is 0 Å². The summed E-state index contributed by atoms with van der Waals surface area (Å²) in [6, 6.07) is 4.74. The van der Waals surface area contributed by atoms with Crippen LogP contribution in [0.1, 0.15) is 76.6 Å². The number of hydrogen-bond acceptors (Lipinski definition) is 2. The van der Waals surface area contributed by atoms with Crippen molar-refractivity contribution in [1.29, 1.82) is 0 Å². The van der Waals surface area contributed by atoms with Crippen molar-refractivity contribution in [2.24, 2.45) is 5.41 Å². The minimum atomic E-state index is -5.76. The van der Waals surface area contributed by atoms with Crippen molar-refractivity contribution in [3.8, 4) is 11.5 Å². The summed E-state index contributed by atoms with van der Waals surface area (Å²) < 4.78 is 87.9. The first-order valence-corrected chi connectivity index (χ1v) is 11.1. The number of hydrogen-bond donors (Lipinski definition) is 2. The third-order valence-electron chi connectivity index (χ3n) is 7.03. The molecule has 0 saturated carbocycles. The largest absolute Gasteiger partial charge is 0.508 e. The number of rotatable bonds is 7. The first-order chi connectivity index (χ1) is 15.3. The van der Waals surface area contributed by atoms with E-state index in [0.717, 1.165) is 24.3 Å². The standard InChI is InChI=1S/C26H32F6O2/c1-7-22(3,4)15-16-13-17(9-11-20(16)33)24(25(27,28)29,26(30,31)32)18-10-12-21(34)19(14-18)23(5,6)8-2/h9-14,33-34H,7-8,15H2,1-6H3. The van der Waals surface area contributed by atoms with Gasteiger partial charge >= 0.3 is 12.4 Å². The Morgan fingerprint density at radius 2 is 1.15 bits per heavy atom. The molecule has 0 spiro atoms. The monoisotopic (exact) mass is 490 g/mol. The molecule has 2 aromatic carbocycles. The van der Waals surface area contributed by atoms with Crippen LogP contribution in [0.5, 0.6) is 11.5 Å². The number of phenols is 2. The molecule has 2 rings (SSSR count). The second kappa shape index (κ2) is 9.00. The van der Waals surface area contributed by atoms with E-state index >= 15 is 0 Å². The van der Waals surface area contributed by atoms with Crippen molar-refractivity contribution < 1.29 is 36.6 Å². The van der Waals surface area contributed by atoms with Crippen LogP contribution in [0.4, 0.5) is 26.3 Å². The number of alkyl halides is 6. The van der Waals surface area contributed by atoms with Gasteiger partial charge in [-0.1, -0.05) is 66.2 Å². The Labute approximate surface area is 196 Å². The predicted octanol–water partition coefficient (Wildman–Crippen LogP) is 8.17. The molecule has 0 aliphatic rings. The summed E-state index contributed by atoms with van der Waals surface area (Å²) >= 11 is 0. The topological polar surface area (TPSA) is 40.5 Å². The molecule has 0 radical (unpaired) electrons. The Hall–Kier alpha value is -2.38. The molecule has 190 valence electrons. The minimum Gasteiger partial charge on any atom is -0.508 e. The summed E-state index contributed by atoms with van der Waals surface area (Å²) in [5.74, 6) is -0.730. The molecule has 2 N–H and O–H groups in total. The molecule has 34 heavy (non-hydrogen) atoms. The van der Waals surface area contributed by atoms with E-state index in [1.807, 2.05) is 20.8 Å². The molecule has 2 nitrogen and oxygen atoms in total. The highest BCUT2D eigenvalue weighted by Gasteiger charge is 2.72. The van der Waals surface area contributed by atoms with Crippen molar-refractivity contribution in [3.63, 3.8) is 0 Å². The van der Waals surface area contributed by atoms with Gasteiger partial charge in [-0.15, -0.1) is 0 Å². The molecule has 0 unspecified atom stereocenters. The Bertz CT molecular complexity index is 1000. The van der Waals surface area contributed by atoms with Crippen LogP contribution in [0.15, 0.2) is 36.4 Å². The van der Waals surface area contributed by atoms with Crippen LogP contribution in [0.2, 0.25) is 0 Å². The molecule has 0 atom stereocenters. The molecule has 0 aliphatic carbocycles. The molecule has 0 heterocycles. The maximum atomic E-state index is 14.6. The lowest BCUT2D eigenvalue weighted by molar-refractivity contribution is -0.288. The van der Waals surface area contributed by atoms with E-state index in [0.29, 0.717) is 25.0 Å². The minimum absolute atomic E-state index is 0.00325. The van der Waals surface area contributed by atoms with Gasteiger partial charge in [0.25, 0.3) is 0 Å². The zero-order chi connectivity index (χ0) is 26.3. The average Bonchev–Trinajstić information content (AvgIpc) is 2.69. The van der Waals surface area contributed by atoms with Crippen molar-refractivity contribution in [2.45, 2.75) is 84.0 Å². The fraction of sp³-hybridized carbons (Fsp3) is 0.538. The van der Waals surface area contributed by atoms with Crippen LogP contribution in [0.25, 0.3) is 0 Å². The third kappa shape index (κ3) is 4.86. The maximum absolute atomic E-state index is 14.6. The van der Waals surface area contributed by atoms with Gasteiger partial charge < -0.3 is 10.2 Å². The van der Waals surface area contributed by atoms with Gasteiger partial charge in [0, 0.05) is 0 Å². The van der Waals surface area contributed by atoms with Crippen molar-refractivity contribution in [2.75, 3.05) is 0 Å². The molecule has 2 aromatic rings. The summed E-state index contributed by atoms with van der Waals surface area (Å²) in [5, 5.41) is 20.5. The number of phenolic OH excluding ortho intramolecular Hbond substituents is 2. The fourth-order valence-electron chi connectivity index (χ4n) is 4.08. The SMILES string of the molecule is CCC(C)(C)Cc1cc(C(c2ccc(O)c(C(C)(C)CC)c2)(C(F)(F)F)C(F)(F)F)ccc1O. The summed E-state index contributed by atoms with van der Waals surface area (Å²) in [6.45, 7) is 10.5. The normalized spacial score (nSPS) is 13.9. The van der Waals surface area contributed by atoms with E-state index in [9.17, 15) is 36.6 Å². The summed E-state index contributed by atoms with van der Waals surface area (Å²) in [6.07, 6.45) is -10.4. The van der Waals surface area contributed by atoms with Gasteiger partial charge in [0.15, 0.2) is 0 Å².